The lowest BCUT2D eigenvalue weighted by Gasteiger charge is -2.10. The van der Waals surface area contributed by atoms with Crippen LogP contribution in [0.3, 0.4) is 0 Å². The standard InChI is InChI=1S/C23H22BrN3O2S/c1-2-27-22-9-4-3-8-21(22)25-23(27)15-10-17-6-5-7-19(16-17)26-30(28,29)20-13-11-18(24)12-14-20/h3-9,11-14,16,26H,2,10,15H2,1H3. The maximum Gasteiger partial charge on any atom is 0.261 e. The summed E-state index contributed by atoms with van der Waals surface area (Å²) in [6, 6.07) is 22.3. The van der Waals surface area contributed by atoms with E-state index in [1.807, 2.05) is 36.4 Å². The molecule has 0 bridgehead atoms. The molecule has 154 valence electrons. The first-order valence-corrected chi connectivity index (χ1v) is 12.1. The molecule has 1 aromatic heterocycles. The predicted molar refractivity (Wildman–Crippen MR) is 124 cm³/mol. The fraction of sp³-hybridized carbons (Fsp3) is 0.174. The molecule has 0 amide bonds. The van der Waals surface area contributed by atoms with E-state index in [1.165, 1.54) is 0 Å². The Morgan fingerprint density at radius 3 is 2.50 bits per heavy atom. The van der Waals surface area contributed by atoms with Crippen LogP contribution in [0.25, 0.3) is 11.0 Å². The molecule has 0 spiro atoms. The summed E-state index contributed by atoms with van der Waals surface area (Å²) in [5, 5.41) is 0. The Hall–Kier alpha value is -2.64. The lowest BCUT2D eigenvalue weighted by Crippen LogP contribution is -2.13. The highest BCUT2D eigenvalue weighted by Crippen LogP contribution is 2.21. The van der Waals surface area contributed by atoms with Crippen molar-refractivity contribution in [1.29, 1.82) is 0 Å². The Balaban J connectivity index is 1.51. The molecule has 0 atom stereocenters. The highest BCUT2D eigenvalue weighted by molar-refractivity contribution is 9.10. The Labute approximate surface area is 185 Å². The zero-order valence-corrected chi connectivity index (χ0v) is 18.9. The summed E-state index contributed by atoms with van der Waals surface area (Å²) in [6.07, 6.45) is 1.56. The van der Waals surface area contributed by atoms with Crippen molar-refractivity contribution >= 4 is 42.7 Å². The Bertz CT molecular complexity index is 1280. The summed E-state index contributed by atoms with van der Waals surface area (Å²) < 4.78 is 31.0. The van der Waals surface area contributed by atoms with Crippen molar-refractivity contribution in [2.75, 3.05) is 4.72 Å². The number of aryl methyl sites for hydroxylation is 3. The van der Waals surface area contributed by atoms with E-state index in [-0.39, 0.29) is 4.90 Å². The number of sulfonamides is 1. The quantitative estimate of drug-likeness (QED) is 0.382. The zero-order chi connectivity index (χ0) is 21.1. The molecule has 5 nitrogen and oxygen atoms in total. The van der Waals surface area contributed by atoms with Crippen molar-refractivity contribution in [3.8, 4) is 0 Å². The average molecular weight is 484 g/mol. The minimum Gasteiger partial charge on any atom is -0.328 e. The number of nitrogens with one attached hydrogen (secondary N) is 1. The monoisotopic (exact) mass is 483 g/mol. The van der Waals surface area contributed by atoms with Crippen LogP contribution in [0, 0.1) is 0 Å². The second-order valence-corrected chi connectivity index (χ2v) is 9.62. The van der Waals surface area contributed by atoms with Crippen molar-refractivity contribution in [3.63, 3.8) is 0 Å². The molecule has 0 saturated heterocycles. The normalized spacial score (nSPS) is 11.7. The number of hydrogen-bond donors (Lipinski definition) is 1. The molecule has 1 heterocycles. The summed E-state index contributed by atoms with van der Waals surface area (Å²) in [7, 11) is -3.63. The molecular formula is C23H22BrN3O2S. The lowest BCUT2D eigenvalue weighted by atomic mass is 10.1. The lowest BCUT2D eigenvalue weighted by molar-refractivity contribution is 0.601. The number of rotatable bonds is 7. The largest absolute Gasteiger partial charge is 0.328 e. The third-order valence-corrected chi connectivity index (χ3v) is 6.92. The predicted octanol–water partition coefficient (Wildman–Crippen LogP) is 5.40. The van der Waals surface area contributed by atoms with Gasteiger partial charge in [-0.15, -0.1) is 0 Å². The van der Waals surface area contributed by atoms with E-state index in [0.29, 0.717) is 5.69 Å². The topological polar surface area (TPSA) is 64.0 Å². The zero-order valence-electron chi connectivity index (χ0n) is 16.5. The summed E-state index contributed by atoms with van der Waals surface area (Å²) >= 11 is 3.32. The second-order valence-electron chi connectivity index (χ2n) is 7.02. The van der Waals surface area contributed by atoms with Crippen LogP contribution >= 0.6 is 15.9 Å². The molecule has 4 rings (SSSR count). The van der Waals surface area contributed by atoms with Gasteiger partial charge in [-0.05, 0) is 67.4 Å². The van der Waals surface area contributed by atoms with Crippen LogP contribution in [0.2, 0.25) is 0 Å². The van der Waals surface area contributed by atoms with E-state index < -0.39 is 10.0 Å². The van der Waals surface area contributed by atoms with Gasteiger partial charge in [0.2, 0.25) is 0 Å². The number of imidazole rings is 1. The van der Waals surface area contributed by atoms with Gasteiger partial charge >= 0.3 is 0 Å². The minimum absolute atomic E-state index is 0.229. The Morgan fingerprint density at radius 2 is 1.73 bits per heavy atom. The third-order valence-electron chi connectivity index (χ3n) is 4.99. The molecule has 0 saturated carbocycles. The van der Waals surface area contributed by atoms with Crippen LogP contribution in [0.5, 0.6) is 0 Å². The first-order valence-electron chi connectivity index (χ1n) is 9.78. The van der Waals surface area contributed by atoms with E-state index >= 15 is 0 Å². The second kappa shape index (κ2) is 8.62. The van der Waals surface area contributed by atoms with Crippen molar-refractivity contribution in [2.24, 2.45) is 0 Å². The van der Waals surface area contributed by atoms with E-state index in [0.717, 1.165) is 46.3 Å². The van der Waals surface area contributed by atoms with Gasteiger partial charge in [0, 0.05) is 23.1 Å². The first kappa shape index (κ1) is 20.6. The number of anilines is 1. The summed E-state index contributed by atoms with van der Waals surface area (Å²) in [4.78, 5) is 5.00. The number of fused-ring (bicyclic) bond motifs is 1. The smallest absolute Gasteiger partial charge is 0.261 e. The number of nitrogens with zero attached hydrogens (tertiary/aromatic N) is 2. The fourth-order valence-corrected chi connectivity index (χ4v) is 4.86. The average Bonchev–Trinajstić information content (AvgIpc) is 3.10. The van der Waals surface area contributed by atoms with Crippen molar-refractivity contribution < 1.29 is 8.42 Å². The van der Waals surface area contributed by atoms with Gasteiger partial charge in [0.1, 0.15) is 5.82 Å². The van der Waals surface area contributed by atoms with Crippen LogP contribution in [0.15, 0.2) is 82.2 Å². The molecule has 0 aliphatic rings. The van der Waals surface area contributed by atoms with Gasteiger partial charge in [0.05, 0.1) is 15.9 Å². The number of hydrogen-bond acceptors (Lipinski definition) is 3. The third kappa shape index (κ3) is 4.42. The molecule has 30 heavy (non-hydrogen) atoms. The Morgan fingerprint density at radius 1 is 0.967 bits per heavy atom. The van der Waals surface area contributed by atoms with E-state index in [9.17, 15) is 8.42 Å². The first-order chi connectivity index (χ1) is 14.5. The number of benzene rings is 3. The van der Waals surface area contributed by atoms with Crippen LogP contribution < -0.4 is 4.72 Å². The van der Waals surface area contributed by atoms with Gasteiger partial charge in [-0.2, -0.15) is 0 Å². The summed E-state index contributed by atoms with van der Waals surface area (Å²) in [5.74, 6) is 1.04. The molecular weight excluding hydrogens is 462 g/mol. The van der Waals surface area contributed by atoms with Crippen molar-refractivity contribution in [3.05, 3.63) is 88.7 Å². The molecule has 0 aliphatic heterocycles. The minimum atomic E-state index is -3.63. The van der Waals surface area contributed by atoms with Gasteiger partial charge in [0.15, 0.2) is 0 Å². The highest BCUT2D eigenvalue weighted by Gasteiger charge is 2.14. The number of halogens is 1. The van der Waals surface area contributed by atoms with E-state index in [2.05, 4.69) is 38.2 Å². The van der Waals surface area contributed by atoms with Gasteiger partial charge in [-0.3, -0.25) is 4.72 Å². The highest BCUT2D eigenvalue weighted by atomic mass is 79.9. The van der Waals surface area contributed by atoms with Crippen LogP contribution in [0.1, 0.15) is 18.3 Å². The van der Waals surface area contributed by atoms with Crippen LogP contribution in [-0.4, -0.2) is 18.0 Å². The number of aromatic nitrogens is 2. The fourth-order valence-electron chi connectivity index (χ4n) is 3.54. The van der Waals surface area contributed by atoms with Crippen LogP contribution in [0.4, 0.5) is 5.69 Å². The molecule has 0 aliphatic carbocycles. The van der Waals surface area contributed by atoms with Crippen LogP contribution in [-0.2, 0) is 29.4 Å². The summed E-state index contributed by atoms with van der Waals surface area (Å²) in [5.41, 5.74) is 3.76. The van der Waals surface area contributed by atoms with Crippen molar-refractivity contribution in [2.45, 2.75) is 31.2 Å². The molecule has 1 N–H and O–H groups in total. The number of para-hydroxylation sites is 2. The van der Waals surface area contributed by atoms with Gasteiger partial charge in [0.25, 0.3) is 10.0 Å². The molecule has 0 unspecified atom stereocenters. The molecule has 4 aromatic rings. The van der Waals surface area contributed by atoms with Crippen molar-refractivity contribution in [1.82, 2.24) is 9.55 Å². The molecule has 3 aromatic carbocycles. The van der Waals surface area contributed by atoms with E-state index in [1.54, 1.807) is 30.3 Å². The summed E-state index contributed by atoms with van der Waals surface area (Å²) in [6.45, 7) is 2.98. The maximum atomic E-state index is 12.6. The SMILES string of the molecule is CCn1c(CCc2cccc(NS(=O)(=O)c3ccc(Br)cc3)c2)nc2ccccc21. The maximum absolute atomic E-state index is 12.6. The van der Waals surface area contributed by atoms with Gasteiger partial charge in [-0.1, -0.05) is 40.2 Å². The van der Waals surface area contributed by atoms with Gasteiger partial charge < -0.3 is 4.57 Å². The van der Waals surface area contributed by atoms with E-state index in [4.69, 9.17) is 4.98 Å². The Kier molecular flexibility index (Phi) is 5.92. The van der Waals surface area contributed by atoms with Gasteiger partial charge in [-0.25, -0.2) is 13.4 Å². The molecule has 7 heteroatoms. The molecule has 0 radical (unpaired) electrons. The molecule has 0 fully saturated rings.